The third-order valence-corrected chi connectivity index (χ3v) is 5.12. The number of guanidine groups is 1. The molecule has 0 spiro atoms. The number of rotatable bonds is 8. The molecule has 1 aliphatic rings. The second-order valence-corrected chi connectivity index (χ2v) is 7.22. The van der Waals surface area contributed by atoms with E-state index in [2.05, 4.69) is 25.6 Å². The van der Waals surface area contributed by atoms with Crippen LogP contribution in [0.3, 0.4) is 0 Å². The molecule has 1 aromatic heterocycles. The zero-order valence-corrected chi connectivity index (χ0v) is 17.3. The molecule has 158 valence electrons. The molecule has 1 aliphatic heterocycles. The van der Waals surface area contributed by atoms with Gasteiger partial charge in [-0.3, -0.25) is 14.6 Å². The molecule has 1 atom stereocenters. The summed E-state index contributed by atoms with van der Waals surface area (Å²) in [6, 6.07) is 6.90. The summed E-state index contributed by atoms with van der Waals surface area (Å²) < 4.78 is 20.7. The highest BCUT2D eigenvalue weighted by molar-refractivity contribution is 5.79. The van der Waals surface area contributed by atoms with Crippen LogP contribution >= 0.6 is 0 Å². The number of aryl methyl sites for hydroxylation is 2. The molecule has 2 heterocycles. The van der Waals surface area contributed by atoms with Gasteiger partial charge in [0.15, 0.2) is 5.96 Å². The summed E-state index contributed by atoms with van der Waals surface area (Å²) in [5.74, 6) is 0.560. The number of ether oxygens (including phenoxy) is 1. The molecule has 1 unspecified atom stereocenters. The van der Waals surface area contributed by atoms with E-state index in [1.807, 2.05) is 36.3 Å². The number of hydrogen-bond donors (Lipinski definition) is 2. The molecular formula is C21H31FN6O. The van der Waals surface area contributed by atoms with E-state index in [1.54, 1.807) is 7.05 Å². The van der Waals surface area contributed by atoms with Crippen molar-refractivity contribution in [1.82, 2.24) is 25.3 Å². The Morgan fingerprint density at radius 1 is 1.24 bits per heavy atom. The molecule has 29 heavy (non-hydrogen) atoms. The number of halogens is 1. The summed E-state index contributed by atoms with van der Waals surface area (Å²) in [7, 11) is 3.71. The van der Waals surface area contributed by atoms with Gasteiger partial charge < -0.3 is 15.4 Å². The maximum absolute atomic E-state index is 13.4. The molecule has 0 saturated carbocycles. The number of benzene rings is 1. The fourth-order valence-corrected chi connectivity index (χ4v) is 3.55. The van der Waals surface area contributed by atoms with Crippen LogP contribution in [0, 0.1) is 5.82 Å². The van der Waals surface area contributed by atoms with Crippen LogP contribution in [-0.4, -0.2) is 67.1 Å². The Kier molecular flexibility index (Phi) is 8.01. The molecule has 3 rings (SSSR count). The van der Waals surface area contributed by atoms with E-state index in [-0.39, 0.29) is 11.9 Å². The number of aromatic nitrogens is 2. The van der Waals surface area contributed by atoms with E-state index in [0.717, 1.165) is 57.2 Å². The molecule has 2 N–H and O–H groups in total. The van der Waals surface area contributed by atoms with Crippen LogP contribution < -0.4 is 10.6 Å². The fraction of sp³-hybridized carbons (Fsp3) is 0.524. The molecule has 1 aromatic carbocycles. The monoisotopic (exact) mass is 402 g/mol. The minimum absolute atomic E-state index is 0.133. The fourth-order valence-electron chi connectivity index (χ4n) is 3.55. The highest BCUT2D eigenvalue weighted by Crippen LogP contribution is 2.21. The maximum Gasteiger partial charge on any atom is 0.191 e. The van der Waals surface area contributed by atoms with Gasteiger partial charge in [-0.1, -0.05) is 12.1 Å². The molecule has 2 aromatic rings. The van der Waals surface area contributed by atoms with Gasteiger partial charge in [-0.25, -0.2) is 4.39 Å². The number of nitrogens with one attached hydrogen (secondary N) is 2. The van der Waals surface area contributed by atoms with Crippen LogP contribution in [0.15, 0.2) is 41.7 Å². The molecule has 0 aliphatic carbocycles. The van der Waals surface area contributed by atoms with Gasteiger partial charge in [0.2, 0.25) is 0 Å². The lowest BCUT2D eigenvalue weighted by molar-refractivity contribution is 0.0170. The molecule has 1 saturated heterocycles. The van der Waals surface area contributed by atoms with Crippen LogP contribution in [0.1, 0.15) is 23.6 Å². The third-order valence-electron chi connectivity index (χ3n) is 5.12. The van der Waals surface area contributed by atoms with Crippen LogP contribution in [-0.2, 0) is 18.2 Å². The smallest absolute Gasteiger partial charge is 0.191 e. The first-order valence-electron chi connectivity index (χ1n) is 10.1. The minimum atomic E-state index is -0.214. The first kappa shape index (κ1) is 21.3. The lowest BCUT2D eigenvalue weighted by Crippen LogP contribution is -2.46. The average Bonchev–Trinajstić information content (AvgIpc) is 3.16. The highest BCUT2D eigenvalue weighted by atomic mass is 19.1. The van der Waals surface area contributed by atoms with Crippen molar-refractivity contribution in [3.8, 4) is 0 Å². The van der Waals surface area contributed by atoms with Crippen LogP contribution in [0.2, 0.25) is 0 Å². The van der Waals surface area contributed by atoms with E-state index in [4.69, 9.17) is 4.74 Å². The van der Waals surface area contributed by atoms with Gasteiger partial charge in [0, 0.05) is 46.5 Å². The summed E-state index contributed by atoms with van der Waals surface area (Å²) in [4.78, 5) is 6.71. The van der Waals surface area contributed by atoms with Gasteiger partial charge in [0.25, 0.3) is 0 Å². The summed E-state index contributed by atoms with van der Waals surface area (Å²) in [6.45, 7) is 4.68. The lowest BCUT2D eigenvalue weighted by atomic mass is 10.0. The van der Waals surface area contributed by atoms with Gasteiger partial charge >= 0.3 is 0 Å². The van der Waals surface area contributed by atoms with Gasteiger partial charge in [-0.05, 0) is 36.1 Å². The topological polar surface area (TPSA) is 66.7 Å². The van der Waals surface area contributed by atoms with Crippen molar-refractivity contribution in [3.05, 3.63) is 53.6 Å². The molecule has 0 radical (unpaired) electrons. The zero-order chi connectivity index (χ0) is 20.5. The predicted molar refractivity (Wildman–Crippen MR) is 112 cm³/mol. The van der Waals surface area contributed by atoms with Crippen molar-refractivity contribution in [2.45, 2.75) is 18.9 Å². The quantitative estimate of drug-likeness (QED) is 0.400. The van der Waals surface area contributed by atoms with E-state index >= 15 is 0 Å². The van der Waals surface area contributed by atoms with Crippen molar-refractivity contribution in [2.75, 3.05) is 46.4 Å². The molecule has 0 amide bonds. The van der Waals surface area contributed by atoms with Crippen molar-refractivity contribution < 1.29 is 9.13 Å². The summed E-state index contributed by atoms with van der Waals surface area (Å²) in [6.07, 6.45) is 5.92. The minimum Gasteiger partial charge on any atom is -0.379 e. The first-order chi connectivity index (χ1) is 14.2. The SMILES string of the molecule is CN=C(NCCCc1cnn(C)c1)NCC(c1ccc(F)cc1)N1CCOCC1. The van der Waals surface area contributed by atoms with E-state index < -0.39 is 0 Å². The number of nitrogens with zero attached hydrogens (tertiary/aromatic N) is 4. The Morgan fingerprint density at radius 2 is 2.00 bits per heavy atom. The van der Waals surface area contributed by atoms with Crippen LogP contribution in [0.5, 0.6) is 0 Å². The average molecular weight is 403 g/mol. The predicted octanol–water partition coefficient (Wildman–Crippen LogP) is 1.73. The Bertz CT molecular complexity index is 770. The standard InChI is InChI=1S/C21H31FN6O/c1-23-21(24-9-3-4-17-14-26-27(2)16-17)25-15-20(28-10-12-29-13-11-28)18-5-7-19(22)8-6-18/h5-8,14,16,20H,3-4,9-13,15H2,1-2H3,(H2,23,24,25). The molecule has 7 nitrogen and oxygen atoms in total. The van der Waals surface area contributed by atoms with E-state index in [0.29, 0.717) is 6.54 Å². The second kappa shape index (κ2) is 10.9. The Morgan fingerprint density at radius 3 is 2.66 bits per heavy atom. The third kappa shape index (κ3) is 6.54. The maximum atomic E-state index is 13.4. The van der Waals surface area contributed by atoms with E-state index in [9.17, 15) is 4.39 Å². The van der Waals surface area contributed by atoms with Gasteiger partial charge in [0.05, 0.1) is 25.5 Å². The van der Waals surface area contributed by atoms with Crippen molar-refractivity contribution in [1.29, 1.82) is 0 Å². The van der Waals surface area contributed by atoms with Crippen molar-refractivity contribution >= 4 is 5.96 Å². The normalized spacial score (nSPS) is 16.6. The number of morpholine rings is 1. The van der Waals surface area contributed by atoms with Crippen LogP contribution in [0.25, 0.3) is 0 Å². The Hall–Kier alpha value is -2.45. The van der Waals surface area contributed by atoms with Gasteiger partial charge in [-0.15, -0.1) is 0 Å². The second-order valence-electron chi connectivity index (χ2n) is 7.22. The molecule has 8 heteroatoms. The Balaban J connectivity index is 1.51. The highest BCUT2D eigenvalue weighted by Gasteiger charge is 2.23. The van der Waals surface area contributed by atoms with Crippen LogP contribution in [0.4, 0.5) is 4.39 Å². The Labute approximate surface area is 172 Å². The zero-order valence-electron chi connectivity index (χ0n) is 17.3. The molecular weight excluding hydrogens is 371 g/mol. The number of hydrogen-bond acceptors (Lipinski definition) is 4. The number of aliphatic imine (C=N–C) groups is 1. The lowest BCUT2D eigenvalue weighted by Gasteiger charge is -2.35. The van der Waals surface area contributed by atoms with Gasteiger partial charge in [0.1, 0.15) is 5.82 Å². The van der Waals surface area contributed by atoms with Crippen molar-refractivity contribution in [3.63, 3.8) is 0 Å². The largest absolute Gasteiger partial charge is 0.379 e. The summed E-state index contributed by atoms with van der Waals surface area (Å²) in [5, 5.41) is 11.0. The molecule has 0 bridgehead atoms. The van der Waals surface area contributed by atoms with Crippen molar-refractivity contribution in [2.24, 2.45) is 12.0 Å². The van der Waals surface area contributed by atoms with Gasteiger partial charge in [-0.2, -0.15) is 5.10 Å². The summed E-state index contributed by atoms with van der Waals surface area (Å²) >= 11 is 0. The molecule has 1 fully saturated rings. The van der Waals surface area contributed by atoms with E-state index in [1.165, 1.54) is 17.7 Å². The summed E-state index contributed by atoms with van der Waals surface area (Å²) in [5.41, 5.74) is 2.33. The first-order valence-corrected chi connectivity index (χ1v) is 10.1.